The number of amidine groups is 1. The summed E-state index contributed by atoms with van der Waals surface area (Å²) < 4.78 is 0. The Morgan fingerprint density at radius 3 is 2.86 bits per heavy atom. The number of nitrogen functional groups attached to an aromatic ring is 1. The smallest absolute Gasteiger partial charge is 0.222 e. The van der Waals surface area contributed by atoms with E-state index in [1.807, 2.05) is 24.3 Å². The molecule has 21 heavy (non-hydrogen) atoms. The van der Waals surface area contributed by atoms with E-state index in [-0.39, 0.29) is 0 Å². The molecule has 4 rings (SSSR count). The minimum absolute atomic E-state index is 0.300. The molecule has 0 radical (unpaired) electrons. The minimum Gasteiger partial charge on any atom is -0.368 e. The largest absolute Gasteiger partial charge is 0.368 e. The van der Waals surface area contributed by atoms with Gasteiger partial charge in [-0.05, 0) is 24.6 Å². The Balaban J connectivity index is 1.98. The monoisotopic (exact) mass is 277 g/mol. The van der Waals surface area contributed by atoms with Gasteiger partial charge in [-0.2, -0.15) is 4.98 Å². The molecule has 2 aliphatic heterocycles. The van der Waals surface area contributed by atoms with Crippen LogP contribution in [0.15, 0.2) is 35.3 Å². The maximum Gasteiger partial charge on any atom is 0.222 e. The average Bonchev–Trinajstić information content (AvgIpc) is 2.96. The van der Waals surface area contributed by atoms with E-state index in [2.05, 4.69) is 38.9 Å². The van der Waals surface area contributed by atoms with Crippen molar-refractivity contribution in [2.45, 2.75) is 6.92 Å². The topological polar surface area (TPSA) is 67.4 Å². The van der Waals surface area contributed by atoms with E-state index in [0.717, 1.165) is 41.6 Å². The fourth-order valence-electron chi connectivity index (χ4n) is 2.86. The van der Waals surface area contributed by atoms with Gasteiger partial charge in [0.2, 0.25) is 5.95 Å². The van der Waals surface area contributed by atoms with Gasteiger partial charge in [-0.1, -0.05) is 24.3 Å². The Labute approximate surface area is 122 Å². The Morgan fingerprint density at radius 1 is 1.14 bits per heavy atom. The van der Waals surface area contributed by atoms with Crippen molar-refractivity contribution in [3.63, 3.8) is 0 Å². The fraction of sp³-hybridized carbons (Fsp3) is 0.188. The summed E-state index contributed by atoms with van der Waals surface area (Å²) in [6, 6.07) is 8.19. The first-order chi connectivity index (χ1) is 10.2. The van der Waals surface area contributed by atoms with Crippen molar-refractivity contribution in [3.05, 3.63) is 41.5 Å². The molecule has 0 atom stereocenters. The second-order valence-corrected chi connectivity index (χ2v) is 5.21. The van der Waals surface area contributed by atoms with E-state index in [1.54, 1.807) is 0 Å². The van der Waals surface area contributed by atoms with Gasteiger partial charge < -0.3 is 10.6 Å². The molecular weight excluding hydrogens is 262 g/mol. The molecule has 3 heterocycles. The Bertz CT molecular complexity index is 791. The molecule has 0 amide bonds. The Hall–Kier alpha value is -2.69. The standard InChI is InChI=1S/C16H15N5/c1-10-4-2-3-5-11(10)14-12-6-7-13-18-8-9-21(13)15(12)20-16(17)19-14/h2-7H,8-9H2,1H3,(H2,17,19,20). The number of benzene rings is 1. The SMILES string of the molecule is Cc1ccccc1-c1nc(N)nc2c1C=CC1=NCCN12. The predicted molar refractivity (Wildman–Crippen MR) is 85.3 cm³/mol. The van der Waals surface area contributed by atoms with Crippen molar-refractivity contribution >= 4 is 23.7 Å². The summed E-state index contributed by atoms with van der Waals surface area (Å²) in [5.41, 5.74) is 10.1. The lowest BCUT2D eigenvalue weighted by Crippen LogP contribution is -2.30. The van der Waals surface area contributed by atoms with Gasteiger partial charge in [-0.15, -0.1) is 0 Å². The van der Waals surface area contributed by atoms with Gasteiger partial charge >= 0.3 is 0 Å². The van der Waals surface area contributed by atoms with Gasteiger partial charge in [0.15, 0.2) is 0 Å². The number of aliphatic imine (C=N–C) groups is 1. The molecule has 2 aromatic rings. The van der Waals surface area contributed by atoms with E-state index >= 15 is 0 Å². The number of hydrogen-bond acceptors (Lipinski definition) is 5. The zero-order chi connectivity index (χ0) is 14.4. The third kappa shape index (κ3) is 1.81. The second kappa shape index (κ2) is 4.41. The molecule has 0 spiro atoms. The highest BCUT2D eigenvalue weighted by atomic mass is 15.3. The van der Waals surface area contributed by atoms with Crippen molar-refractivity contribution < 1.29 is 0 Å². The average molecular weight is 277 g/mol. The normalized spacial score (nSPS) is 15.7. The van der Waals surface area contributed by atoms with Crippen molar-refractivity contribution in [2.24, 2.45) is 4.99 Å². The van der Waals surface area contributed by atoms with Crippen LogP contribution in [0.1, 0.15) is 11.1 Å². The lowest BCUT2D eigenvalue weighted by Gasteiger charge is -2.25. The van der Waals surface area contributed by atoms with Crippen LogP contribution in [0, 0.1) is 6.92 Å². The van der Waals surface area contributed by atoms with Crippen molar-refractivity contribution in [3.8, 4) is 11.3 Å². The van der Waals surface area contributed by atoms with E-state index in [0.29, 0.717) is 5.95 Å². The van der Waals surface area contributed by atoms with Gasteiger partial charge in [0.05, 0.1) is 12.2 Å². The van der Waals surface area contributed by atoms with Gasteiger partial charge in [-0.3, -0.25) is 4.99 Å². The highest BCUT2D eigenvalue weighted by molar-refractivity contribution is 6.13. The third-order valence-electron chi connectivity index (χ3n) is 3.87. The number of rotatable bonds is 1. The summed E-state index contributed by atoms with van der Waals surface area (Å²) >= 11 is 0. The maximum absolute atomic E-state index is 5.94. The number of hydrogen-bond donors (Lipinski definition) is 1. The number of anilines is 2. The minimum atomic E-state index is 0.300. The van der Waals surface area contributed by atoms with Crippen LogP contribution < -0.4 is 10.6 Å². The number of nitrogens with zero attached hydrogens (tertiary/aromatic N) is 4. The Morgan fingerprint density at radius 2 is 2.00 bits per heavy atom. The predicted octanol–water partition coefficient (Wildman–Crippen LogP) is 2.28. The molecule has 104 valence electrons. The lowest BCUT2D eigenvalue weighted by molar-refractivity contribution is 0.989. The molecule has 0 aliphatic carbocycles. The van der Waals surface area contributed by atoms with E-state index < -0.39 is 0 Å². The number of fused-ring (bicyclic) bond motifs is 3. The van der Waals surface area contributed by atoms with Crippen LogP contribution in [-0.2, 0) is 0 Å². The zero-order valence-corrected chi connectivity index (χ0v) is 11.7. The number of aryl methyl sites for hydroxylation is 1. The van der Waals surface area contributed by atoms with E-state index in [4.69, 9.17) is 5.73 Å². The van der Waals surface area contributed by atoms with E-state index in [9.17, 15) is 0 Å². The van der Waals surface area contributed by atoms with Crippen molar-refractivity contribution in [1.82, 2.24) is 9.97 Å². The Kier molecular flexibility index (Phi) is 2.54. The molecule has 0 fully saturated rings. The second-order valence-electron chi connectivity index (χ2n) is 5.21. The highest BCUT2D eigenvalue weighted by Gasteiger charge is 2.27. The summed E-state index contributed by atoms with van der Waals surface area (Å²) in [6.07, 6.45) is 4.06. The maximum atomic E-state index is 5.94. The molecule has 5 heteroatoms. The number of aromatic nitrogens is 2. The lowest BCUT2D eigenvalue weighted by atomic mass is 9.99. The molecule has 5 nitrogen and oxygen atoms in total. The molecule has 0 saturated carbocycles. The highest BCUT2D eigenvalue weighted by Crippen LogP contribution is 2.35. The van der Waals surface area contributed by atoms with Crippen LogP contribution in [-0.4, -0.2) is 28.9 Å². The van der Waals surface area contributed by atoms with E-state index in [1.165, 1.54) is 5.56 Å². The van der Waals surface area contributed by atoms with Crippen LogP contribution in [0.5, 0.6) is 0 Å². The summed E-state index contributed by atoms with van der Waals surface area (Å²) in [6.45, 7) is 3.72. The van der Waals surface area contributed by atoms with Gasteiger partial charge in [0.25, 0.3) is 0 Å². The summed E-state index contributed by atoms with van der Waals surface area (Å²) in [7, 11) is 0. The first-order valence-corrected chi connectivity index (χ1v) is 6.97. The van der Waals surface area contributed by atoms with Gasteiger partial charge in [0.1, 0.15) is 11.7 Å². The first kappa shape index (κ1) is 12.1. The zero-order valence-electron chi connectivity index (χ0n) is 11.7. The van der Waals surface area contributed by atoms with Crippen LogP contribution in [0.2, 0.25) is 0 Å². The third-order valence-corrected chi connectivity index (χ3v) is 3.87. The van der Waals surface area contributed by atoms with Crippen LogP contribution >= 0.6 is 0 Å². The first-order valence-electron chi connectivity index (χ1n) is 6.97. The molecule has 0 saturated heterocycles. The van der Waals surface area contributed by atoms with Gasteiger partial charge in [0, 0.05) is 17.7 Å². The van der Waals surface area contributed by atoms with Crippen molar-refractivity contribution in [1.29, 1.82) is 0 Å². The quantitative estimate of drug-likeness (QED) is 0.868. The van der Waals surface area contributed by atoms with Crippen LogP contribution in [0.4, 0.5) is 11.8 Å². The molecule has 1 aromatic heterocycles. The van der Waals surface area contributed by atoms with Crippen molar-refractivity contribution in [2.75, 3.05) is 23.7 Å². The van der Waals surface area contributed by atoms with Crippen LogP contribution in [0.25, 0.3) is 17.3 Å². The van der Waals surface area contributed by atoms with Crippen LogP contribution in [0.3, 0.4) is 0 Å². The number of nitrogens with two attached hydrogens (primary N) is 1. The summed E-state index contributed by atoms with van der Waals surface area (Å²) in [5, 5.41) is 0. The van der Waals surface area contributed by atoms with Gasteiger partial charge in [-0.25, -0.2) is 4.98 Å². The molecular formula is C16H15N5. The molecule has 0 bridgehead atoms. The fourth-order valence-corrected chi connectivity index (χ4v) is 2.86. The molecule has 1 aromatic carbocycles. The summed E-state index contributed by atoms with van der Waals surface area (Å²) in [4.78, 5) is 15.5. The molecule has 0 unspecified atom stereocenters. The summed E-state index contributed by atoms with van der Waals surface area (Å²) in [5.74, 6) is 2.12. The molecule has 2 aliphatic rings. The molecule has 2 N–H and O–H groups in total.